The van der Waals surface area contributed by atoms with Gasteiger partial charge in [0.25, 0.3) is 5.91 Å². The second-order valence-electron chi connectivity index (χ2n) is 6.60. The smallest absolute Gasteiger partial charge is 0.254 e. The quantitative estimate of drug-likeness (QED) is 0.715. The van der Waals surface area contributed by atoms with E-state index in [1.165, 1.54) is 4.90 Å². The van der Waals surface area contributed by atoms with Gasteiger partial charge in [0.1, 0.15) is 13.2 Å². The third kappa shape index (κ3) is 5.14. The van der Waals surface area contributed by atoms with Crippen LogP contribution in [0.1, 0.15) is 24.2 Å². The van der Waals surface area contributed by atoms with Crippen LogP contribution >= 0.6 is 0 Å². The van der Waals surface area contributed by atoms with Crippen molar-refractivity contribution in [1.29, 1.82) is 0 Å². The zero-order valence-corrected chi connectivity index (χ0v) is 17.4. The Labute approximate surface area is 175 Å². The third-order valence-electron chi connectivity index (χ3n) is 4.34. The molecule has 0 aliphatic carbocycles. The average molecular weight is 414 g/mol. The van der Waals surface area contributed by atoms with Gasteiger partial charge in [-0.05, 0) is 44.2 Å². The van der Waals surface area contributed by atoms with E-state index < -0.39 is 0 Å². The molecule has 0 saturated carbocycles. The van der Waals surface area contributed by atoms with E-state index in [0.29, 0.717) is 60.7 Å². The molecule has 1 N–H and O–H groups in total. The van der Waals surface area contributed by atoms with Crippen molar-refractivity contribution in [2.24, 2.45) is 0 Å². The number of nitrogens with zero attached hydrogens (tertiary/aromatic N) is 1. The van der Waals surface area contributed by atoms with Crippen LogP contribution in [0.3, 0.4) is 0 Å². The first-order valence-corrected chi connectivity index (χ1v) is 9.86. The van der Waals surface area contributed by atoms with Crippen molar-refractivity contribution in [3.05, 3.63) is 42.0 Å². The van der Waals surface area contributed by atoms with Crippen LogP contribution in [0, 0.1) is 0 Å². The lowest BCUT2D eigenvalue weighted by atomic mass is 10.1. The first-order valence-electron chi connectivity index (χ1n) is 9.86. The van der Waals surface area contributed by atoms with E-state index in [1.807, 2.05) is 13.8 Å². The Bertz CT molecular complexity index is 914. The van der Waals surface area contributed by atoms with Gasteiger partial charge in [-0.25, -0.2) is 0 Å². The summed E-state index contributed by atoms with van der Waals surface area (Å²) in [5, 5.41) is 2.78. The van der Waals surface area contributed by atoms with E-state index in [2.05, 4.69) is 5.32 Å². The maximum atomic E-state index is 12.7. The van der Waals surface area contributed by atoms with E-state index in [0.717, 1.165) is 0 Å². The summed E-state index contributed by atoms with van der Waals surface area (Å²) in [5.74, 6) is 1.70. The summed E-state index contributed by atoms with van der Waals surface area (Å²) in [6, 6.07) is 10.2. The molecule has 3 rings (SSSR count). The molecule has 2 aromatic carbocycles. The first-order chi connectivity index (χ1) is 14.5. The topological polar surface area (TPSA) is 86.3 Å². The number of fused-ring (bicyclic) bond motifs is 1. The molecule has 0 atom stereocenters. The van der Waals surface area contributed by atoms with Crippen molar-refractivity contribution in [3.8, 4) is 23.0 Å². The van der Waals surface area contributed by atoms with E-state index in [9.17, 15) is 9.59 Å². The van der Waals surface area contributed by atoms with Crippen LogP contribution in [-0.2, 0) is 4.79 Å². The lowest BCUT2D eigenvalue weighted by Gasteiger charge is -2.21. The van der Waals surface area contributed by atoms with E-state index in [-0.39, 0.29) is 18.4 Å². The maximum absolute atomic E-state index is 12.7. The molecule has 2 amide bonds. The summed E-state index contributed by atoms with van der Waals surface area (Å²) in [6.07, 6.45) is 0. The van der Waals surface area contributed by atoms with Gasteiger partial charge in [-0.3, -0.25) is 9.59 Å². The number of rotatable bonds is 8. The minimum atomic E-state index is -0.324. The standard InChI is InChI=1S/C22H26N2O6/c1-4-27-17-9-7-16(13-20(17)28-5-2)23-21(25)14-24(3)22(26)15-6-8-18-19(12-15)30-11-10-29-18/h6-9,12-13H,4-5,10-11,14H2,1-3H3,(H,23,25). The average Bonchev–Trinajstić information content (AvgIpc) is 2.75. The largest absolute Gasteiger partial charge is 0.490 e. The molecule has 0 unspecified atom stereocenters. The molecule has 0 spiro atoms. The molecule has 1 aliphatic rings. The highest BCUT2D eigenvalue weighted by Gasteiger charge is 2.19. The number of carbonyl (C=O) groups excluding carboxylic acids is 2. The van der Waals surface area contributed by atoms with Crippen LogP contribution in [0.25, 0.3) is 0 Å². The number of hydrogen-bond donors (Lipinski definition) is 1. The van der Waals surface area contributed by atoms with Crippen LogP contribution < -0.4 is 24.3 Å². The van der Waals surface area contributed by atoms with Gasteiger partial charge in [-0.15, -0.1) is 0 Å². The summed E-state index contributed by atoms with van der Waals surface area (Å²) in [6.45, 7) is 5.57. The molecule has 0 saturated heterocycles. The van der Waals surface area contributed by atoms with Crippen LogP contribution in [0.5, 0.6) is 23.0 Å². The highest BCUT2D eigenvalue weighted by molar-refractivity contribution is 5.99. The zero-order valence-electron chi connectivity index (χ0n) is 17.4. The third-order valence-corrected chi connectivity index (χ3v) is 4.34. The summed E-state index contributed by atoms with van der Waals surface area (Å²) in [7, 11) is 1.57. The predicted molar refractivity (Wildman–Crippen MR) is 112 cm³/mol. The monoisotopic (exact) mass is 414 g/mol. The highest BCUT2D eigenvalue weighted by Crippen LogP contribution is 2.32. The molecule has 0 aromatic heterocycles. The number of nitrogens with one attached hydrogen (secondary N) is 1. The minimum absolute atomic E-state index is 0.107. The fourth-order valence-electron chi connectivity index (χ4n) is 3.01. The lowest BCUT2D eigenvalue weighted by Crippen LogP contribution is -2.35. The number of anilines is 1. The summed E-state index contributed by atoms with van der Waals surface area (Å²) in [4.78, 5) is 26.5. The fourth-order valence-corrected chi connectivity index (χ4v) is 3.01. The summed E-state index contributed by atoms with van der Waals surface area (Å²) < 4.78 is 22.1. The molecule has 0 radical (unpaired) electrons. The molecule has 0 fully saturated rings. The van der Waals surface area contributed by atoms with Crippen molar-refractivity contribution in [2.75, 3.05) is 45.3 Å². The predicted octanol–water partition coefficient (Wildman–Crippen LogP) is 2.97. The van der Waals surface area contributed by atoms with Crippen molar-refractivity contribution >= 4 is 17.5 Å². The normalized spacial score (nSPS) is 12.1. The van der Waals surface area contributed by atoms with Gasteiger partial charge in [0.15, 0.2) is 23.0 Å². The van der Waals surface area contributed by atoms with Gasteiger partial charge in [-0.2, -0.15) is 0 Å². The number of hydrogen-bond acceptors (Lipinski definition) is 6. The summed E-state index contributed by atoms with van der Waals surface area (Å²) in [5.41, 5.74) is 0.987. The Morgan fingerprint density at radius 1 is 0.967 bits per heavy atom. The molecular formula is C22H26N2O6. The van der Waals surface area contributed by atoms with E-state index in [4.69, 9.17) is 18.9 Å². The van der Waals surface area contributed by atoms with E-state index >= 15 is 0 Å². The highest BCUT2D eigenvalue weighted by atomic mass is 16.6. The number of benzene rings is 2. The molecule has 2 aromatic rings. The Morgan fingerprint density at radius 2 is 1.67 bits per heavy atom. The number of ether oxygens (including phenoxy) is 4. The molecular weight excluding hydrogens is 388 g/mol. The Kier molecular flexibility index (Phi) is 7.00. The van der Waals surface area contributed by atoms with Gasteiger partial charge in [0, 0.05) is 24.4 Å². The van der Waals surface area contributed by atoms with Crippen LogP contribution in [0.2, 0.25) is 0 Å². The molecule has 8 nitrogen and oxygen atoms in total. The van der Waals surface area contributed by atoms with Crippen molar-refractivity contribution in [2.45, 2.75) is 13.8 Å². The van der Waals surface area contributed by atoms with Crippen molar-refractivity contribution in [3.63, 3.8) is 0 Å². The summed E-state index contributed by atoms with van der Waals surface area (Å²) >= 11 is 0. The molecule has 160 valence electrons. The van der Waals surface area contributed by atoms with Crippen molar-refractivity contribution < 1.29 is 28.5 Å². The van der Waals surface area contributed by atoms with Crippen LogP contribution in [0.15, 0.2) is 36.4 Å². The molecule has 8 heteroatoms. The lowest BCUT2D eigenvalue weighted by molar-refractivity contribution is -0.116. The second kappa shape index (κ2) is 9.87. The number of likely N-dealkylation sites (N-methyl/N-ethyl adjacent to an activating group) is 1. The Morgan fingerprint density at radius 3 is 2.40 bits per heavy atom. The molecule has 0 bridgehead atoms. The van der Waals surface area contributed by atoms with Gasteiger partial charge in [0.2, 0.25) is 5.91 Å². The molecule has 1 aliphatic heterocycles. The van der Waals surface area contributed by atoms with Crippen LogP contribution in [0.4, 0.5) is 5.69 Å². The van der Waals surface area contributed by atoms with Crippen LogP contribution in [-0.4, -0.2) is 56.7 Å². The first kappa shape index (κ1) is 21.3. The zero-order chi connectivity index (χ0) is 21.5. The minimum Gasteiger partial charge on any atom is -0.490 e. The van der Waals surface area contributed by atoms with Gasteiger partial charge < -0.3 is 29.2 Å². The van der Waals surface area contributed by atoms with Gasteiger partial charge in [0.05, 0.1) is 19.8 Å². The molecule has 30 heavy (non-hydrogen) atoms. The molecule has 1 heterocycles. The van der Waals surface area contributed by atoms with Gasteiger partial charge in [-0.1, -0.05) is 0 Å². The number of amides is 2. The number of carbonyl (C=O) groups is 2. The fraction of sp³-hybridized carbons (Fsp3) is 0.364. The maximum Gasteiger partial charge on any atom is 0.254 e. The Hall–Kier alpha value is -3.42. The Balaban J connectivity index is 1.62. The van der Waals surface area contributed by atoms with E-state index in [1.54, 1.807) is 43.4 Å². The SMILES string of the molecule is CCOc1ccc(NC(=O)CN(C)C(=O)c2ccc3c(c2)OCCO3)cc1OCC. The van der Waals surface area contributed by atoms with Crippen molar-refractivity contribution in [1.82, 2.24) is 4.90 Å². The second-order valence-corrected chi connectivity index (χ2v) is 6.60. The van der Waals surface area contributed by atoms with Gasteiger partial charge >= 0.3 is 0 Å².